The minimum absolute atomic E-state index is 0.285. The summed E-state index contributed by atoms with van der Waals surface area (Å²) in [7, 11) is -17.0. The van der Waals surface area contributed by atoms with Crippen molar-refractivity contribution in [3.63, 3.8) is 0 Å². The quantitative estimate of drug-likeness (QED) is 0.0972. The molecule has 0 aromatic heterocycles. The van der Waals surface area contributed by atoms with Gasteiger partial charge >= 0.3 is 105 Å². The lowest BCUT2D eigenvalue weighted by Crippen LogP contribution is -2.51. The summed E-state index contributed by atoms with van der Waals surface area (Å²) in [5.74, 6) is -2.86. The van der Waals surface area contributed by atoms with Gasteiger partial charge in [-0.2, -0.15) is 135 Å². The van der Waals surface area contributed by atoms with Crippen LogP contribution in [0.25, 0.3) is 0 Å². The second-order valence-electron chi connectivity index (χ2n) is 9.90. The molecule has 0 saturated carbocycles. The van der Waals surface area contributed by atoms with Gasteiger partial charge in [0, 0.05) is 13.8 Å². The number of alkyl halides is 21. The zero-order valence-corrected chi connectivity index (χ0v) is 36.0. The minimum Gasteiger partial charge on any atom is -0.446 e. The molecule has 0 aromatic rings. The van der Waals surface area contributed by atoms with Crippen LogP contribution in [0, 0.1) is 0 Å². The van der Waals surface area contributed by atoms with Gasteiger partial charge in [0.15, 0.2) is 19.6 Å². The van der Waals surface area contributed by atoms with Gasteiger partial charge in [-0.05, 0) is 17.7 Å². The molecule has 0 spiro atoms. The lowest BCUT2D eigenvalue weighted by atomic mass is 10.3. The van der Waals surface area contributed by atoms with Crippen LogP contribution >= 0.6 is 0 Å². The molecule has 452 valence electrons. The second-order valence-corrected chi connectivity index (χ2v) is 12.2. The van der Waals surface area contributed by atoms with Gasteiger partial charge in [0.1, 0.15) is 6.42 Å². The molecular formula is C23H19F35O13S3. The van der Waals surface area contributed by atoms with Crippen molar-refractivity contribution in [2.75, 3.05) is 20.2 Å². The van der Waals surface area contributed by atoms with Crippen LogP contribution in [0.3, 0.4) is 0 Å². The molecule has 51 heteroatoms. The van der Waals surface area contributed by atoms with E-state index < -0.39 is 143 Å². The van der Waals surface area contributed by atoms with E-state index in [9.17, 15) is 151 Å². The highest BCUT2D eigenvalue weighted by atomic mass is 32.3. The SMILES string of the molecule is C=C(F)F.C=C(F)OCF.CC(F)(F)OC(F)(F)C(F)(F)OC(F)(F)CF.CC1(C(F)(F)F)OC=C(F)O1.FC(F)=C(F)OC(F)(F)CC(F)(F)F.FCC(F)(F)OF.O=S(=O)(F)F.O=S(=O)(F)F.O=S(=O)(F)F. The van der Waals surface area contributed by atoms with Crippen molar-refractivity contribution in [1.29, 1.82) is 0 Å². The highest BCUT2D eigenvalue weighted by Gasteiger charge is 2.67. The fourth-order valence-corrected chi connectivity index (χ4v) is 1.60. The number of rotatable bonds is 13. The van der Waals surface area contributed by atoms with Gasteiger partial charge in [-0.1, -0.05) is 23.3 Å². The molecule has 1 aliphatic heterocycles. The Hall–Kier alpha value is -4.56. The van der Waals surface area contributed by atoms with Crippen LogP contribution in [-0.2, 0) is 65.2 Å². The van der Waals surface area contributed by atoms with Crippen LogP contribution < -0.4 is 0 Å². The van der Waals surface area contributed by atoms with Gasteiger partial charge in [0.25, 0.3) is 12.1 Å². The number of hydrogen-bond acceptors (Lipinski definition) is 13. The molecule has 0 bridgehead atoms. The molecule has 13 nitrogen and oxygen atoms in total. The van der Waals surface area contributed by atoms with E-state index in [1.54, 1.807) is 0 Å². The predicted octanol–water partition coefficient (Wildman–Crippen LogP) is 13.8. The van der Waals surface area contributed by atoms with Gasteiger partial charge in [0.2, 0.25) is 6.86 Å². The van der Waals surface area contributed by atoms with E-state index in [1.807, 2.05) is 4.94 Å². The molecular weight excluding hydrogens is 1250 g/mol. The van der Waals surface area contributed by atoms with E-state index >= 15 is 0 Å². The molecule has 0 radical (unpaired) electrons. The molecule has 0 amide bonds. The van der Waals surface area contributed by atoms with Crippen molar-refractivity contribution in [3.8, 4) is 0 Å². The molecule has 1 aliphatic rings. The van der Waals surface area contributed by atoms with Gasteiger partial charge in [-0.25, -0.2) is 22.6 Å². The third-order valence-electron chi connectivity index (χ3n) is 3.54. The topological polar surface area (TPSA) is 167 Å². The van der Waals surface area contributed by atoms with Gasteiger partial charge in [0.05, 0.1) is 0 Å². The molecule has 0 fully saturated rings. The van der Waals surface area contributed by atoms with Crippen molar-refractivity contribution in [1.82, 2.24) is 0 Å². The molecule has 1 atom stereocenters. The summed E-state index contributed by atoms with van der Waals surface area (Å²) in [5, 5.41) is 0. The molecule has 74 heavy (non-hydrogen) atoms. The van der Waals surface area contributed by atoms with Crippen molar-refractivity contribution < 1.29 is 209 Å². The Morgan fingerprint density at radius 3 is 1.07 bits per heavy atom. The Kier molecular flexibility index (Phi) is 40.6. The Bertz CT molecular complexity index is 1880. The number of halogens is 35. The summed E-state index contributed by atoms with van der Waals surface area (Å²) in [6.07, 6.45) is -49.2. The van der Waals surface area contributed by atoms with Crippen LogP contribution in [-0.4, -0.2) is 100 Å². The maximum atomic E-state index is 12.3. The average molecular weight is 1260 g/mol. The monoisotopic (exact) mass is 1260 g/mol. The van der Waals surface area contributed by atoms with Crippen LogP contribution in [0.1, 0.15) is 20.3 Å². The zero-order chi connectivity index (χ0) is 62.4. The standard InChI is InChI=1S/C6H5F9O2.C5H2F8O.C5H4F4O2.C3H4F2O.C2H2F4O.C2H2F2.3F2O2S/c1-3(8,9)16-5(12,13)6(14,15)17-4(10,11)2-7;6-2(7)3(8)14-5(12,13)1-4(9,10)11;1-4(5(7,8)9)10-2-3(6)11-4;1-3(5)6-2-4;3-1-2(4,5)7-6;1-2(3)4;3*1-5(2,3)4/h2H2,1H3;1H2;2H,1H3;1-2H2;1H2;1H2;;;. The van der Waals surface area contributed by atoms with Crippen molar-refractivity contribution in [2.24, 2.45) is 0 Å². The van der Waals surface area contributed by atoms with E-state index in [2.05, 4.69) is 41.6 Å². The first-order valence-electron chi connectivity index (χ1n) is 14.5. The van der Waals surface area contributed by atoms with E-state index in [0.29, 0.717) is 6.92 Å². The van der Waals surface area contributed by atoms with Crippen molar-refractivity contribution in [2.45, 2.75) is 75.1 Å². The van der Waals surface area contributed by atoms with Crippen molar-refractivity contribution in [3.05, 3.63) is 49.6 Å². The summed E-state index contributed by atoms with van der Waals surface area (Å²) in [5.41, 5.74) is 0. The summed E-state index contributed by atoms with van der Waals surface area (Å²) in [6, 6.07) is -5.48. The number of ether oxygens (including phenoxy) is 6. The van der Waals surface area contributed by atoms with Gasteiger partial charge < -0.3 is 18.9 Å². The smallest absolute Gasteiger partial charge is 0.446 e. The normalized spacial score (nSPS) is 14.9. The van der Waals surface area contributed by atoms with E-state index in [4.69, 9.17) is 25.3 Å². The first-order chi connectivity index (χ1) is 31.7. The Balaban J connectivity index is -0.000000116. The minimum atomic E-state index is -6.14. The van der Waals surface area contributed by atoms with Crippen LogP contribution in [0.5, 0.6) is 0 Å². The zero-order valence-electron chi connectivity index (χ0n) is 33.6. The summed E-state index contributed by atoms with van der Waals surface area (Å²) in [6.45, 7) is -1.02. The van der Waals surface area contributed by atoms with E-state index in [-0.39, 0.29) is 13.2 Å². The van der Waals surface area contributed by atoms with Crippen LogP contribution in [0.4, 0.5) is 151 Å². The number of hydrogen-bond donors (Lipinski definition) is 0. The van der Waals surface area contributed by atoms with E-state index in [0.717, 1.165) is 0 Å². The molecule has 1 heterocycles. The maximum Gasteiger partial charge on any atom is 0.476 e. The lowest BCUT2D eigenvalue weighted by Gasteiger charge is -2.29. The second kappa shape index (κ2) is 34.9. The maximum absolute atomic E-state index is 12.3. The fourth-order valence-electron chi connectivity index (χ4n) is 1.60. The largest absolute Gasteiger partial charge is 0.476 e. The highest BCUT2D eigenvalue weighted by molar-refractivity contribution is 7.81. The Morgan fingerprint density at radius 1 is 0.608 bits per heavy atom. The third-order valence-corrected chi connectivity index (χ3v) is 3.54. The molecule has 1 unspecified atom stereocenters. The first-order valence-corrected chi connectivity index (χ1v) is 18.4. The third kappa shape index (κ3) is 74.0. The Labute approximate surface area is 386 Å². The molecule has 1 rings (SSSR count). The highest BCUT2D eigenvalue weighted by Crippen LogP contribution is 2.43. The average Bonchev–Trinajstić information content (AvgIpc) is 3.43. The molecule has 0 saturated heterocycles. The molecule has 0 N–H and O–H groups in total. The van der Waals surface area contributed by atoms with E-state index in [1.165, 1.54) is 0 Å². The molecule has 0 aromatic carbocycles. The molecule has 0 aliphatic carbocycles. The Morgan fingerprint density at radius 2 is 0.919 bits per heavy atom. The summed E-state index contributed by atoms with van der Waals surface area (Å²) < 4.78 is 461. The summed E-state index contributed by atoms with van der Waals surface area (Å²) in [4.78, 5) is 1.88. The predicted molar refractivity (Wildman–Crippen MR) is 162 cm³/mol. The summed E-state index contributed by atoms with van der Waals surface area (Å²) >= 11 is 0. The van der Waals surface area contributed by atoms with Crippen LogP contribution in [0.2, 0.25) is 0 Å². The fraction of sp³-hybridized carbons (Fsp3) is 0.652. The van der Waals surface area contributed by atoms with Crippen molar-refractivity contribution >= 4 is 31.8 Å². The van der Waals surface area contributed by atoms with Crippen LogP contribution in [0.15, 0.2) is 49.6 Å². The van der Waals surface area contributed by atoms with Gasteiger partial charge in [-0.3, -0.25) is 0 Å². The van der Waals surface area contributed by atoms with Gasteiger partial charge in [-0.15, -0.1) is 4.94 Å². The lowest BCUT2D eigenvalue weighted by molar-refractivity contribution is -0.511. The first kappa shape index (κ1) is 86.2.